The molecule has 0 amide bonds. The molecule has 44 heavy (non-hydrogen) atoms. The van der Waals surface area contributed by atoms with E-state index in [9.17, 15) is 4.79 Å². The summed E-state index contributed by atoms with van der Waals surface area (Å²) < 4.78 is 22.4. The van der Waals surface area contributed by atoms with Crippen LogP contribution in [0.4, 0.5) is 0 Å². The van der Waals surface area contributed by atoms with Crippen LogP contribution in [0.15, 0.2) is 54.6 Å². The van der Waals surface area contributed by atoms with Crippen molar-refractivity contribution >= 4 is 27.6 Å². The Labute approximate surface area is 259 Å². The zero-order valence-corrected chi connectivity index (χ0v) is 26.4. The van der Waals surface area contributed by atoms with E-state index >= 15 is 0 Å². The van der Waals surface area contributed by atoms with E-state index in [4.69, 9.17) is 19.3 Å². The third-order valence-corrected chi connectivity index (χ3v) is 8.72. The van der Waals surface area contributed by atoms with Crippen LogP contribution in [-0.4, -0.2) is 40.1 Å². The van der Waals surface area contributed by atoms with E-state index in [0.717, 1.165) is 94.2 Å². The van der Waals surface area contributed by atoms with Crippen LogP contribution in [0.1, 0.15) is 72.5 Å². The molecule has 0 spiro atoms. The molecule has 230 valence electrons. The standard InChI is InChI=1S/C37H43N3O4/c1-5-13-30-34-31(39(4)38-30)24-42-22-10-9-21-40-35-29(20-19-25(3)33(34)35)28(36(40)37(41)43-6-2)17-12-23-44-32-18-11-15-26-14-7-8-16-27(26)32/h7-8,11,14-16,18-20H,5-6,9-10,12-13,17,21-24H2,1-4H3. The summed E-state index contributed by atoms with van der Waals surface area (Å²) in [6, 6.07) is 18.8. The van der Waals surface area contributed by atoms with Crippen molar-refractivity contribution in [1.29, 1.82) is 0 Å². The van der Waals surface area contributed by atoms with Crippen LogP contribution >= 0.6 is 0 Å². The fraction of sp³-hybridized carbons (Fsp3) is 0.405. The smallest absolute Gasteiger partial charge is 0.355 e. The third kappa shape index (κ3) is 5.61. The van der Waals surface area contributed by atoms with Crippen molar-refractivity contribution in [3.63, 3.8) is 0 Å². The fourth-order valence-electron chi connectivity index (χ4n) is 6.72. The lowest BCUT2D eigenvalue weighted by Crippen LogP contribution is -2.15. The molecule has 0 bridgehead atoms. The largest absolute Gasteiger partial charge is 0.493 e. The maximum atomic E-state index is 13.8. The van der Waals surface area contributed by atoms with E-state index in [0.29, 0.717) is 38.5 Å². The average Bonchev–Trinajstić information content (AvgIpc) is 3.49. The van der Waals surface area contributed by atoms with Gasteiger partial charge in [0.15, 0.2) is 0 Å². The summed E-state index contributed by atoms with van der Waals surface area (Å²) in [5.74, 6) is 0.627. The Kier molecular flexibility index (Phi) is 9.03. The molecular weight excluding hydrogens is 550 g/mol. The Bertz CT molecular complexity index is 1790. The van der Waals surface area contributed by atoms with Gasteiger partial charge in [-0.15, -0.1) is 0 Å². The van der Waals surface area contributed by atoms with Crippen LogP contribution in [0.5, 0.6) is 5.75 Å². The highest BCUT2D eigenvalue weighted by Gasteiger charge is 2.29. The number of aromatic nitrogens is 3. The summed E-state index contributed by atoms with van der Waals surface area (Å²) in [6.45, 7) is 9.01. The van der Waals surface area contributed by atoms with Gasteiger partial charge < -0.3 is 18.8 Å². The molecule has 5 aromatic rings. The lowest BCUT2D eigenvalue weighted by atomic mass is 9.93. The van der Waals surface area contributed by atoms with Crippen molar-refractivity contribution in [1.82, 2.24) is 14.3 Å². The number of aryl methyl sites for hydroxylation is 5. The number of carbonyl (C=O) groups excluding carboxylic acids is 1. The topological polar surface area (TPSA) is 67.5 Å². The molecule has 3 heterocycles. The Morgan fingerprint density at radius 2 is 1.82 bits per heavy atom. The molecule has 0 unspecified atom stereocenters. The van der Waals surface area contributed by atoms with Gasteiger partial charge in [0.2, 0.25) is 0 Å². The lowest BCUT2D eigenvalue weighted by Gasteiger charge is -2.15. The van der Waals surface area contributed by atoms with Gasteiger partial charge in [-0.05, 0) is 68.5 Å². The zero-order valence-electron chi connectivity index (χ0n) is 26.4. The number of carbonyl (C=O) groups is 1. The second-order valence-electron chi connectivity index (χ2n) is 11.7. The second-order valence-corrected chi connectivity index (χ2v) is 11.7. The van der Waals surface area contributed by atoms with Crippen molar-refractivity contribution in [2.24, 2.45) is 7.05 Å². The molecule has 0 fully saturated rings. The quantitative estimate of drug-likeness (QED) is 0.128. The molecule has 0 radical (unpaired) electrons. The van der Waals surface area contributed by atoms with E-state index in [-0.39, 0.29) is 5.97 Å². The molecule has 1 aliphatic rings. The molecule has 3 aromatic carbocycles. The van der Waals surface area contributed by atoms with Crippen molar-refractivity contribution in [2.75, 3.05) is 19.8 Å². The van der Waals surface area contributed by atoms with Crippen molar-refractivity contribution < 1.29 is 19.0 Å². The first-order valence-corrected chi connectivity index (χ1v) is 16.1. The number of esters is 1. The molecule has 7 heteroatoms. The normalized spacial score (nSPS) is 13.5. The Morgan fingerprint density at radius 3 is 2.66 bits per heavy atom. The zero-order chi connectivity index (χ0) is 30.6. The van der Waals surface area contributed by atoms with Gasteiger partial charge >= 0.3 is 5.97 Å². The summed E-state index contributed by atoms with van der Waals surface area (Å²) in [5.41, 5.74) is 8.46. The molecule has 6 rings (SSSR count). The maximum absolute atomic E-state index is 13.8. The van der Waals surface area contributed by atoms with E-state index in [1.54, 1.807) is 0 Å². The third-order valence-electron chi connectivity index (χ3n) is 8.72. The first-order chi connectivity index (χ1) is 21.5. The van der Waals surface area contributed by atoms with Gasteiger partial charge in [0.1, 0.15) is 11.4 Å². The molecule has 0 saturated carbocycles. The van der Waals surface area contributed by atoms with Crippen LogP contribution in [-0.2, 0) is 42.5 Å². The molecule has 0 atom stereocenters. The molecule has 0 aliphatic carbocycles. The SMILES string of the molecule is CCCc1nn(C)c2c1-c1c(C)ccc3c(CCCOc4cccc5ccccc45)c(C(=O)OCC)n(c13)CCCCOC2. The van der Waals surface area contributed by atoms with E-state index in [1.807, 2.05) is 42.9 Å². The van der Waals surface area contributed by atoms with Crippen LogP contribution in [0, 0.1) is 6.92 Å². The summed E-state index contributed by atoms with van der Waals surface area (Å²) in [5, 5.41) is 8.36. The molecule has 1 aliphatic heterocycles. The lowest BCUT2D eigenvalue weighted by molar-refractivity contribution is 0.0512. The summed E-state index contributed by atoms with van der Waals surface area (Å²) >= 11 is 0. The summed E-state index contributed by atoms with van der Waals surface area (Å²) in [7, 11) is 2.01. The number of hydrogen-bond acceptors (Lipinski definition) is 5. The van der Waals surface area contributed by atoms with E-state index < -0.39 is 0 Å². The minimum Gasteiger partial charge on any atom is -0.493 e. The summed E-state index contributed by atoms with van der Waals surface area (Å²) in [6.07, 6.45) is 5.16. The minimum absolute atomic E-state index is 0.261. The fourth-order valence-corrected chi connectivity index (χ4v) is 6.72. The Morgan fingerprint density at radius 1 is 0.977 bits per heavy atom. The monoisotopic (exact) mass is 593 g/mol. The van der Waals surface area contributed by atoms with Gasteiger partial charge in [0.05, 0.1) is 36.7 Å². The van der Waals surface area contributed by atoms with Crippen molar-refractivity contribution in [2.45, 2.75) is 72.4 Å². The summed E-state index contributed by atoms with van der Waals surface area (Å²) in [4.78, 5) is 13.8. The number of nitrogens with zero attached hydrogens (tertiary/aromatic N) is 3. The molecule has 0 N–H and O–H groups in total. The number of ether oxygens (including phenoxy) is 3. The van der Waals surface area contributed by atoms with Crippen LogP contribution < -0.4 is 4.74 Å². The molecule has 0 saturated heterocycles. The van der Waals surface area contributed by atoms with Gasteiger partial charge in [0, 0.05) is 42.1 Å². The molecule has 7 nitrogen and oxygen atoms in total. The van der Waals surface area contributed by atoms with Crippen molar-refractivity contribution in [3.8, 4) is 16.9 Å². The van der Waals surface area contributed by atoms with Gasteiger partial charge in [-0.3, -0.25) is 4.68 Å². The number of hydrogen-bond donors (Lipinski definition) is 0. The highest BCUT2D eigenvalue weighted by molar-refractivity contribution is 6.05. The predicted octanol–water partition coefficient (Wildman–Crippen LogP) is 7.95. The molecular formula is C37H43N3O4. The Hall–Kier alpha value is -4.10. The van der Waals surface area contributed by atoms with E-state index in [2.05, 4.69) is 48.7 Å². The Balaban J connectivity index is 1.46. The second kappa shape index (κ2) is 13.3. The number of rotatable bonds is 9. The first kappa shape index (κ1) is 29.9. The average molecular weight is 594 g/mol. The minimum atomic E-state index is -0.261. The highest BCUT2D eigenvalue weighted by Crippen LogP contribution is 2.41. The van der Waals surface area contributed by atoms with Crippen molar-refractivity contribution in [3.05, 3.63) is 82.8 Å². The number of fused-ring (bicyclic) bond motifs is 3. The van der Waals surface area contributed by atoms with Crippen LogP contribution in [0.25, 0.3) is 32.8 Å². The van der Waals surface area contributed by atoms with Gasteiger partial charge in [-0.1, -0.05) is 61.9 Å². The van der Waals surface area contributed by atoms with Gasteiger partial charge in [-0.25, -0.2) is 4.79 Å². The van der Waals surface area contributed by atoms with Gasteiger partial charge in [-0.2, -0.15) is 5.10 Å². The number of benzene rings is 3. The van der Waals surface area contributed by atoms with Crippen LogP contribution in [0.2, 0.25) is 0 Å². The highest BCUT2D eigenvalue weighted by atomic mass is 16.5. The van der Waals surface area contributed by atoms with Gasteiger partial charge in [0.25, 0.3) is 0 Å². The van der Waals surface area contributed by atoms with Crippen LogP contribution in [0.3, 0.4) is 0 Å². The first-order valence-electron chi connectivity index (χ1n) is 16.1. The predicted molar refractivity (Wildman–Crippen MR) is 175 cm³/mol. The molecule has 2 aromatic heterocycles. The maximum Gasteiger partial charge on any atom is 0.355 e. The van der Waals surface area contributed by atoms with E-state index in [1.165, 1.54) is 5.56 Å².